The summed E-state index contributed by atoms with van der Waals surface area (Å²) in [6.45, 7) is 0.335. The number of anilines is 2. The SMILES string of the molecule is N#Cc1ncc(N2C(=O)C3Cc4ccc(N)cc4CN3C2=S)cc1C(F)(F)F. The van der Waals surface area contributed by atoms with Crippen molar-refractivity contribution in [3.8, 4) is 6.07 Å². The van der Waals surface area contributed by atoms with Gasteiger partial charge in [0.1, 0.15) is 12.1 Å². The number of nitrogen functional groups attached to an aromatic ring is 1. The van der Waals surface area contributed by atoms with Gasteiger partial charge in [-0.05, 0) is 41.5 Å². The summed E-state index contributed by atoms with van der Waals surface area (Å²) in [5.41, 5.74) is 6.19. The van der Waals surface area contributed by atoms with Crippen molar-refractivity contribution in [3.05, 3.63) is 52.8 Å². The fourth-order valence-corrected chi connectivity index (χ4v) is 3.90. The predicted octanol–water partition coefficient (Wildman–Crippen LogP) is 2.61. The van der Waals surface area contributed by atoms with E-state index in [1.807, 2.05) is 6.07 Å². The third-order valence-electron chi connectivity index (χ3n) is 4.85. The second kappa shape index (κ2) is 6.17. The van der Waals surface area contributed by atoms with Crippen LogP contribution in [-0.4, -0.2) is 26.9 Å². The van der Waals surface area contributed by atoms with Crippen LogP contribution in [0.15, 0.2) is 30.5 Å². The molecule has 1 saturated heterocycles. The van der Waals surface area contributed by atoms with E-state index >= 15 is 0 Å². The van der Waals surface area contributed by atoms with Gasteiger partial charge in [0.25, 0.3) is 5.91 Å². The summed E-state index contributed by atoms with van der Waals surface area (Å²) in [6.07, 6.45) is -3.35. The van der Waals surface area contributed by atoms with Crippen molar-refractivity contribution >= 4 is 34.6 Å². The van der Waals surface area contributed by atoms with E-state index in [0.29, 0.717) is 18.7 Å². The Kier molecular flexibility index (Phi) is 4.01. The Morgan fingerprint density at radius 1 is 1.29 bits per heavy atom. The van der Waals surface area contributed by atoms with Gasteiger partial charge in [-0.1, -0.05) is 6.07 Å². The fraction of sp³-hybridized carbons (Fsp3) is 0.222. The van der Waals surface area contributed by atoms with Gasteiger partial charge < -0.3 is 10.6 Å². The molecule has 10 heteroatoms. The lowest BCUT2D eigenvalue weighted by atomic mass is 9.94. The topological polar surface area (TPSA) is 86.2 Å². The van der Waals surface area contributed by atoms with Crippen molar-refractivity contribution in [3.63, 3.8) is 0 Å². The maximum Gasteiger partial charge on any atom is 0.419 e. The Morgan fingerprint density at radius 2 is 2.04 bits per heavy atom. The summed E-state index contributed by atoms with van der Waals surface area (Å²) in [7, 11) is 0. The molecule has 4 rings (SSSR count). The lowest BCUT2D eigenvalue weighted by Gasteiger charge is -2.30. The van der Waals surface area contributed by atoms with Gasteiger partial charge in [-0.25, -0.2) is 4.98 Å². The number of halogens is 3. The molecule has 0 aliphatic carbocycles. The van der Waals surface area contributed by atoms with Crippen LogP contribution in [0.4, 0.5) is 24.5 Å². The van der Waals surface area contributed by atoms with Crippen molar-refractivity contribution < 1.29 is 18.0 Å². The molecule has 2 aliphatic heterocycles. The Balaban J connectivity index is 1.73. The third-order valence-corrected chi connectivity index (χ3v) is 5.26. The number of thiocarbonyl (C=S) groups is 1. The second-order valence-corrected chi connectivity index (χ2v) is 6.90. The first-order chi connectivity index (χ1) is 13.2. The standard InChI is InChI=1S/C18H12F3N5OS/c19-18(20,21)13-5-12(7-24-14(13)6-22)26-16(27)15-4-9-1-2-11(23)3-10(9)8-25(15)17(26)28/h1-3,5,7,15H,4,8,23H2. The minimum absolute atomic E-state index is 0.0997. The van der Waals surface area contributed by atoms with Gasteiger partial charge in [-0.2, -0.15) is 18.4 Å². The number of amides is 1. The van der Waals surface area contributed by atoms with Gasteiger partial charge in [0.2, 0.25) is 0 Å². The Morgan fingerprint density at radius 3 is 2.71 bits per heavy atom. The number of hydrogen-bond acceptors (Lipinski definition) is 5. The molecule has 2 aliphatic rings. The van der Waals surface area contributed by atoms with Crippen LogP contribution in [0, 0.1) is 11.3 Å². The number of pyridine rings is 1. The first-order valence-corrected chi connectivity index (χ1v) is 8.60. The van der Waals surface area contributed by atoms with E-state index in [2.05, 4.69) is 4.98 Å². The van der Waals surface area contributed by atoms with Gasteiger partial charge in [0.05, 0.1) is 17.4 Å². The largest absolute Gasteiger partial charge is 0.419 e. The summed E-state index contributed by atoms with van der Waals surface area (Å²) >= 11 is 5.38. The molecule has 0 spiro atoms. The molecule has 1 amide bonds. The van der Waals surface area contributed by atoms with E-state index in [9.17, 15) is 18.0 Å². The number of nitrogens with two attached hydrogens (primary N) is 1. The number of nitriles is 1. The zero-order valence-corrected chi connectivity index (χ0v) is 15.0. The highest BCUT2D eigenvalue weighted by atomic mass is 32.1. The molecule has 142 valence electrons. The maximum atomic E-state index is 13.3. The van der Waals surface area contributed by atoms with Crippen molar-refractivity contribution in [2.45, 2.75) is 25.2 Å². The molecular formula is C18H12F3N5OS. The summed E-state index contributed by atoms with van der Waals surface area (Å²) in [6, 6.07) is 6.93. The maximum absolute atomic E-state index is 13.3. The molecule has 1 unspecified atom stereocenters. The van der Waals surface area contributed by atoms with Gasteiger partial charge in [-0.3, -0.25) is 9.69 Å². The molecule has 0 radical (unpaired) electrons. The highest BCUT2D eigenvalue weighted by molar-refractivity contribution is 7.80. The molecule has 1 fully saturated rings. The minimum atomic E-state index is -4.78. The molecule has 1 aromatic carbocycles. The molecular weight excluding hydrogens is 391 g/mol. The number of hydrogen-bond donors (Lipinski definition) is 1. The smallest absolute Gasteiger partial charge is 0.399 e. The highest BCUT2D eigenvalue weighted by Gasteiger charge is 2.46. The first kappa shape index (κ1) is 18.2. The molecule has 1 atom stereocenters. The van der Waals surface area contributed by atoms with Crippen LogP contribution >= 0.6 is 12.2 Å². The van der Waals surface area contributed by atoms with Crippen molar-refractivity contribution in [1.29, 1.82) is 5.26 Å². The summed E-state index contributed by atoms with van der Waals surface area (Å²) in [5, 5.41) is 9.00. The van der Waals surface area contributed by atoms with Crippen molar-refractivity contribution in [1.82, 2.24) is 9.88 Å². The van der Waals surface area contributed by atoms with Crippen LogP contribution in [-0.2, 0) is 23.9 Å². The zero-order chi connectivity index (χ0) is 20.2. The minimum Gasteiger partial charge on any atom is -0.399 e. The van der Waals surface area contributed by atoms with Crippen LogP contribution in [0.2, 0.25) is 0 Å². The van der Waals surface area contributed by atoms with Crippen LogP contribution in [0.5, 0.6) is 0 Å². The van der Waals surface area contributed by atoms with E-state index in [4.69, 9.17) is 23.2 Å². The average Bonchev–Trinajstić information content (AvgIpc) is 2.89. The number of aromatic nitrogens is 1. The molecule has 6 nitrogen and oxygen atoms in total. The van der Waals surface area contributed by atoms with Gasteiger partial charge in [-0.15, -0.1) is 0 Å². The molecule has 1 aromatic heterocycles. The first-order valence-electron chi connectivity index (χ1n) is 8.20. The number of nitrogens with zero attached hydrogens (tertiary/aromatic N) is 4. The summed E-state index contributed by atoms with van der Waals surface area (Å²) < 4.78 is 39.8. The Labute approximate surface area is 163 Å². The van der Waals surface area contributed by atoms with E-state index in [0.717, 1.165) is 28.3 Å². The number of alkyl halides is 3. The number of carbonyl (C=O) groups is 1. The number of rotatable bonds is 1. The van der Waals surface area contributed by atoms with Gasteiger partial charge >= 0.3 is 6.18 Å². The van der Waals surface area contributed by atoms with Crippen LogP contribution < -0.4 is 10.6 Å². The highest BCUT2D eigenvalue weighted by Crippen LogP contribution is 2.37. The predicted molar refractivity (Wildman–Crippen MR) is 97.9 cm³/mol. The van der Waals surface area contributed by atoms with E-state index in [1.165, 1.54) is 6.07 Å². The van der Waals surface area contributed by atoms with Crippen LogP contribution in [0.25, 0.3) is 0 Å². The van der Waals surface area contributed by atoms with E-state index in [-0.39, 0.29) is 10.8 Å². The summed E-state index contributed by atoms with van der Waals surface area (Å²) in [4.78, 5) is 19.2. The number of carbonyl (C=O) groups excluding carboxylic acids is 1. The molecule has 2 aromatic rings. The van der Waals surface area contributed by atoms with Crippen LogP contribution in [0.3, 0.4) is 0 Å². The fourth-order valence-electron chi connectivity index (χ4n) is 3.52. The third kappa shape index (κ3) is 2.75. The molecule has 0 saturated carbocycles. The Bertz CT molecular complexity index is 1060. The Hall–Kier alpha value is -3.19. The lowest BCUT2D eigenvalue weighted by Crippen LogP contribution is -2.39. The molecule has 28 heavy (non-hydrogen) atoms. The summed E-state index contributed by atoms with van der Waals surface area (Å²) in [5.74, 6) is -0.424. The van der Waals surface area contributed by atoms with E-state index in [1.54, 1.807) is 17.0 Å². The number of benzene rings is 1. The van der Waals surface area contributed by atoms with Crippen LogP contribution in [0.1, 0.15) is 22.4 Å². The zero-order valence-electron chi connectivity index (χ0n) is 14.2. The molecule has 0 bridgehead atoms. The van der Waals surface area contributed by atoms with Crippen molar-refractivity contribution in [2.24, 2.45) is 0 Å². The quantitative estimate of drug-likeness (QED) is 0.582. The molecule has 3 heterocycles. The van der Waals surface area contributed by atoms with Gasteiger partial charge in [0, 0.05) is 18.7 Å². The van der Waals surface area contributed by atoms with Crippen molar-refractivity contribution in [2.75, 3.05) is 10.6 Å². The second-order valence-electron chi connectivity index (χ2n) is 6.53. The average molecular weight is 403 g/mol. The van der Waals surface area contributed by atoms with E-state index < -0.39 is 29.4 Å². The number of fused-ring (bicyclic) bond motifs is 2. The molecule has 2 N–H and O–H groups in total. The normalized spacial score (nSPS) is 18.7. The monoisotopic (exact) mass is 403 g/mol. The lowest BCUT2D eigenvalue weighted by molar-refractivity contribution is -0.138. The van der Waals surface area contributed by atoms with Gasteiger partial charge in [0.15, 0.2) is 10.8 Å².